The molecule has 0 radical (unpaired) electrons. The Morgan fingerprint density at radius 1 is 1.17 bits per heavy atom. The van der Waals surface area contributed by atoms with Crippen molar-refractivity contribution in [1.82, 2.24) is 9.21 Å². The zero-order valence-corrected chi connectivity index (χ0v) is 14.7. The van der Waals surface area contributed by atoms with Crippen LogP contribution >= 0.6 is 0 Å². The molecule has 1 saturated heterocycles. The van der Waals surface area contributed by atoms with Crippen molar-refractivity contribution in [2.45, 2.75) is 24.2 Å². The van der Waals surface area contributed by atoms with Crippen LogP contribution in [0.1, 0.15) is 29.6 Å². The summed E-state index contributed by atoms with van der Waals surface area (Å²) < 4.78 is 31.6. The van der Waals surface area contributed by atoms with E-state index in [-0.39, 0.29) is 23.0 Å². The molecule has 0 atom stereocenters. The first kappa shape index (κ1) is 18.4. The summed E-state index contributed by atoms with van der Waals surface area (Å²) in [6.45, 7) is 0.609. The van der Waals surface area contributed by atoms with Gasteiger partial charge in [0.2, 0.25) is 10.0 Å². The number of piperidine rings is 1. The van der Waals surface area contributed by atoms with Gasteiger partial charge in [-0.05, 0) is 31.0 Å². The van der Waals surface area contributed by atoms with Crippen molar-refractivity contribution in [2.24, 2.45) is 0 Å². The molecule has 2 rings (SSSR count). The first-order chi connectivity index (χ1) is 11.3. The van der Waals surface area contributed by atoms with Crippen LogP contribution in [0.3, 0.4) is 0 Å². The molecule has 1 aromatic carbocycles. The third-order valence-corrected chi connectivity index (χ3v) is 5.74. The summed E-state index contributed by atoms with van der Waals surface area (Å²) in [5.41, 5.74) is 0.111. The van der Waals surface area contributed by atoms with Gasteiger partial charge in [0, 0.05) is 27.2 Å². The van der Waals surface area contributed by atoms with Crippen LogP contribution in [0.5, 0.6) is 0 Å². The van der Waals surface area contributed by atoms with Gasteiger partial charge < -0.3 is 9.64 Å². The fraction of sp³-hybridized carbons (Fsp3) is 0.500. The number of sulfonamides is 1. The summed E-state index contributed by atoms with van der Waals surface area (Å²) in [5, 5.41) is 0. The molecule has 1 aromatic rings. The lowest BCUT2D eigenvalue weighted by atomic mass is 10.2. The number of hydrogen-bond acceptors (Lipinski definition) is 5. The predicted octanol–water partition coefficient (Wildman–Crippen LogP) is 1.11. The number of esters is 1. The van der Waals surface area contributed by atoms with Gasteiger partial charge in [0.1, 0.15) is 0 Å². The van der Waals surface area contributed by atoms with Crippen LogP contribution in [0.4, 0.5) is 0 Å². The van der Waals surface area contributed by atoms with E-state index in [2.05, 4.69) is 0 Å². The number of hydrogen-bond donors (Lipinski definition) is 0. The zero-order chi connectivity index (χ0) is 17.7. The van der Waals surface area contributed by atoms with Crippen molar-refractivity contribution in [2.75, 3.05) is 33.8 Å². The summed E-state index contributed by atoms with van der Waals surface area (Å²) in [4.78, 5) is 24.9. The summed E-state index contributed by atoms with van der Waals surface area (Å²) in [7, 11) is -0.497. The van der Waals surface area contributed by atoms with E-state index in [1.54, 1.807) is 14.1 Å². The average molecular weight is 354 g/mol. The monoisotopic (exact) mass is 354 g/mol. The molecule has 0 bridgehead atoms. The minimum atomic E-state index is -3.61. The largest absolute Gasteiger partial charge is 0.452 e. The third kappa shape index (κ3) is 4.33. The van der Waals surface area contributed by atoms with Crippen molar-refractivity contribution in [3.8, 4) is 0 Å². The van der Waals surface area contributed by atoms with Crippen LogP contribution in [0.2, 0.25) is 0 Å². The van der Waals surface area contributed by atoms with Crippen molar-refractivity contribution in [1.29, 1.82) is 0 Å². The third-order valence-electron chi connectivity index (χ3n) is 3.85. The molecule has 1 aliphatic heterocycles. The maximum absolute atomic E-state index is 12.6. The Morgan fingerprint density at radius 3 is 2.46 bits per heavy atom. The summed E-state index contributed by atoms with van der Waals surface area (Å²) in [6, 6.07) is 5.73. The second kappa shape index (κ2) is 7.76. The standard InChI is InChI=1S/C16H22N2O5S/c1-17(2)15(19)12-23-16(20)13-7-6-8-14(11-13)24(21,22)18-9-4-3-5-10-18/h6-8,11H,3-5,9-10,12H2,1-2H3. The lowest BCUT2D eigenvalue weighted by Crippen LogP contribution is -2.35. The number of carbonyl (C=O) groups excluding carboxylic acids is 2. The first-order valence-corrected chi connectivity index (χ1v) is 9.24. The number of benzene rings is 1. The van der Waals surface area contributed by atoms with Gasteiger partial charge >= 0.3 is 5.97 Å². The number of carbonyl (C=O) groups is 2. The Bertz CT molecular complexity index is 709. The second-order valence-corrected chi connectivity index (χ2v) is 7.79. The minimum Gasteiger partial charge on any atom is -0.452 e. The lowest BCUT2D eigenvalue weighted by molar-refractivity contribution is -0.131. The zero-order valence-electron chi connectivity index (χ0n) is 13.9. The highest BCUT2D eigenvalue weighted by Gasteiger charge is 2.26. The molecule has 0 N–H and O–H groups in total. The maximum Gasteiger partial charge on any atom is 0.338 e. The van der Waals surface area contributed by atoms with E-state index >= 15 is 0 Å². The lowest BCUT2D eigenvalue weighted by Gasteiger charge is -2.25. The molecule has 0 unspecified atom stereocenters. The van der Waals surface area contributed by atoms with Gasteiger partial charge in [0.15, 0.2) is 6.61 Å². The number of rotatable bonds is 5. The molecule has 7 nitrogen and oxygen atoms in total. The van der Waals surface area contributed by atoms with Crippen molar-refractivity contribution >= 4 is 21.9 Å². The number of ether oxygens (including phenoxy) is 1. The van der Waals surface area contributed by atoms with Gasteiger partial charge in [0.25, 0.3) is 5.91 Å². The summed E-state index contributed by atoms with van der Waals surface area (Å²) >= 11 is 0. The van der Waals surface area contributed by atoms with Gasteiger partial charge in [-0.15, -0.1) is 0 Å². The highest BCUT2D eigenvalue weighted by molar-refractivity contribution is 7.89. The molecule has 0 aromatic heterocycles. The number of likely N-dealkylation sites (N-methyl/N-ethyl adjacent to an activating group) is 1. The van der Waals surface area contributed by atoms with Gasteiger partial charge in [-0.1, -0.05) is 12.5 Å². The molecule has 8 heteroatoms. The van der Waals surface area contributed by atoms with E-state index in [9.17, 15) is 18.0 Å². The molecule has 24 heavy (non-hydrogen) atoms. The van der Waals surface area contributed by atoms with Gasteiger partial charge in [-0.3, -0.25) is 4.79 Å². The highest BCUT2D eigenvalue weighted by atomic mass is 32.2. The maximum atomic E-state index is 12.6. The molecule has 0 saturated carbocycles. The van der Waals surface area contributed by atoms with E-state index in [1.807, 2.05) is 0 Å². The van der Waals surface area contributed by atoms with Crippen LogP contribution in [0.25, 0.3) is 0 Å². The number of amides is 1. The molecular weight excluding hydrogens is 332 g/mol. The smallest absolute Gasteiger partial charge is 0.338 e. The Labute approximate surface area is 142 Å². The fourth-order valence-corrected chi connectivity index (χ4v) is 3.94. The minimum absolute atomic E-state index is 0.0674. The van der Waals surface area contributed by atoms with Crippen LogP contribution < -0.4 is 0 Å². The van der Waals surface area contributed by atoms with Crippen LogP contribution in [0.15, 0.2) is 29.2 Å². The number of nitrogens with zero attached hydrogens (tertiary/aromatic N) is 2. The molecule has 1 heterocycles. The molecule has 132 valence electrons. The van der Waals surface area contributed by atoms with E-state index in [0.29, 0.717) is 13.1 Å². The normalized spacial score (nSPS) is 15.8. The Balaban J connectivity index is 2.13. The van der Waals surface area contributed by atoms with E-state index < -0.39 is 16.0 Å². The van der Waals surface area contributed by atoms with Gasteiger partial charge in [-0.25, -0.2) is 13.2 Å². The predicted molar refractivity (Wildman–Crippen MR) is 88.0 cm³/mol. The molecule has 1 aliphatic rings. The molecule has 1 amide bonds. The SMILES string of the molecule is CN(C)C(=O)COC(=O)c1cccc(S(=O)(=O)N2CCCCC2)c1. The van der Waals surface area contributed by atoms with E-state index in [0.717, 1.165) is 19.3 Å². The van der Waals surface area contributed by atoms with E-state index in [1.165, 1.54) is 33.5 Å². The Kier molecular flexibility index (Phi) is 5.95. The van der Waals surface area contributed by atoms with Gasteiger partial charge in [-0.2, -0.15) is 4.31 Å². The fourth-order valence-electron chi connectivity index (χ4n) is 2.38. The second-order valence-electron chi connectivity index (χ2n) is 5.86. The van der Waals surface area contributed by atoms with Gasteiger partial charge in [0.05, 0.1) is 10.5 Å². The molecule has 0 aliphatic carbocycles. The van der Waals surface area contributed by atoms with Crippen LogP contribution in [-0.2, 0) is 19.6 Å². The molecule has 1 fully saturated rings. The quantitative estimate of drug-likeness (QED) is 0.740. The molecular formula is C16H22N2O5S. The van der Waals surface area contributed by atoms with E-state index in [4.69, 9.17) is 4.74 Å². The van der Waals surface area contributed by atoms with Crippen LogP contribution in [-0.4, -0.2) is 63.3 Å². The summed E-state index contributed by atoms with van der Waals surface area (Å²) in [6.07, 6.45) is 2.71. The molecule has 0 spiro atoms. The topological polar surface area (TPSA) is 84.0 Å². The first-order valence-electron chi connectivity index (χ1n) is 7.80. The average Bonchev–Trinajstić information content (AvgIpc) is 2.60. The highest BCUT2D eigenvalue weighted by Crippen LogP contribution is 2.21. The summed E-state index contributed by atoms with van der Waals surface area (Å²) in [5.74, 6) is -1.07. The van der Waals surface area contributed by atoms with Crippen molar-refractivity contribution < 1.29 is 22.7 Å². The Morgan fingerprint density at radius 2 is 1.83 bits per heavy atom. The Hall–Kier alpha value is -1.93. The van der Waals surface area contributed by atoms with Crippen LogP contribution in [0, 0.1) is 0 Å². The van der Waals surface area contributed by atoms with Crippen molar-refractivity contribution in [3.05, 3.63) is 29.8 Å². The van der Waals surface area contributed by atoms with Crippen molar-refractivity contribution in [3.63, 3.8) is 0 Å².